The smallest absolute Gasteiger partial charge is 0.227 e. The lowest BCUT2D eigenvalue weighted by Gasteiger charge is -2.45. The minimum Gasteiger partial charge on any atom is -0.381 e. The molecule has 2 aliphatic rings. The van der Waals surface area contributed by atoms with Gasteiger partial charge in [0, 0.05) is 30.0 Å². The lowest BCUT2D eigenvalue weighted by atomic mass is 9.67. The summed E-state index contributed by atoms with van der Waals surface area (Å²) < 4.78 is 5.79. The van der Waals surface area contributed by atoms with Gasteiger partial charge in [-0.25, -0.2) is 0 Å². The molecule has 2 heterocycles. The van der Waals surface area contributed by atoms with E-state index in [9.17, 15) is 4.79 Å². The van der Waals surface area contributed by atoms with Crippen LogP contribution >= 0.6 is 0 Å². The summed E-state index contributed by atoms with van der Waals surface area (Å²) in [6, 6.07) is 0.853. The van der Waals surface area contributed by atoms with E-state index in [2.05, 4.69) is 46.4 Å². The maximum absolute atomic E-state index is 13.6. The summed E-state index contributed by atoms with van der Waals surface area (Å²) in [5.74, 6) is 1.38. The topological polar surface area (TPSA) is 29.5 Å². The molecule has 2 fully saturated rings. The summed E-state index contributed by atoms with van der Waals surface area (Å²) >= 11 is 0. The number of ether oxygens (including phenoxy) is 1. The zero-order chi connectivity index (χ0) is 17.2. The van der Waals surface area contributed by atoms with Crippen molar-refractivity contribution < 1.29 is 9.53 Å². The van der Waals surface area contributed by atoms with Crippen LogP contribution < -0.4 is 0 Å². The Bertz CT molecular complexity index is 398. The summed E-state index contributed by atoms with van der Waals surface area (Å²) in [6.45, 7) is 15.0. The molecule has 0 N–H and O–H groups in total. The van der Waals surface area contributed by atoms with Gasteiger partial charge in [-0.1, -0.05) is 41.5 Å². The molecule has 0 aliphatic carbocycles. The monoisotopic (exact) mass is 323 g/mol. The van der Waals surface area contributed by atoms with Crippen LogP contribution in [0.4, 0.5) is 0 Å². The van der Waals surface area contributed by atoms with Gasteiger partial charge in [0.2, 0.25) is 5.91 Å². The average Bonchev–Trinajstić information content (AvgIpc) is 2.91. The number of carbonyl (C=O) groups excluding carboxylic acids is 1. The van der Waals surface area contributed by atoms with E-state index in [4.69, 9.17) is 4.74 Å². The second kappa shape index (κ2) is 7.55. The van der Waals surface area contributed by atoms with E-state index in [-0.39, 0.29) is 11.3 Å². The van der Waals surface area contributed by atoms with E-state index in [0.29, 0.717) is 29.8 Å². The minimum atomic E-state index is -0.00802. The van der Waals surface area contributed by atoms with Crippen molar-refractivity contribution in [1.29, 1.82) is 0 Å². The predicted octanol–water partition coefficient (Wildman–Crippen LogP) is 4.50. The van der Waals surface area contributed by atoms with Gasteiger partial charge in [0.25, 0.3) is 0 Å². The molecule has 0 bridgehead atoms. The lowest BCUT2D eigenvalue weighted by Crippen LogP contribution is -2.53. The maximum Gasteiger partial charge on any atom is 0.227 e. The minimum absolute atomic E-state index is 0.00802. The molecule has 3 nitrogen and oxygen atoms in total. The van der Waals surface area contributed by atoms with E-state index in [1.54, 1.807) is 0 Å². The molecular weight excluding hydrogens is 286 g/mol. The van der Waals surface area contributed by atoms with Crippen LogP contribution in [0.25, 0.3) is 0 Å². The number of likely N-dealkylation sites (tertiary alicyclic amines) is 1. The number of hydrogen-bond acceptors (Lipinski definition) is 2. The van der Waals surface area contributed by atoms with Crippen LogP contribution in [0.5, 0.6) is 0 Å². The number of amides is 1. The van der Waals surface area contributed by atoms with Crippen LogP contribution in [-0.2, 0) is 9.53 Å². The summed E-state index contributed by atoms with van der Waals surface area (Å²) in [7, 11) is 0. The highest BCUT2D eigenvalue weighted by molar-refractivity contribution is 5.81. The first-order valence-corrected chi connectivity index (χ1v) is 9.71. The quantitative estimate of drug-likeness (QED) is 0.745. The van der Waals surface area contributed by atoms with Crippen molar-refractivity contribution in [2.24, 2.45) is 23.2 Å². The zero-order valence-corrected chi connectivity index (χ0v) is 16.1. The standard InChI is InChI=1S/C20H37NO2/c1-7-16-9-10-17(14(2)3)21(16)19(22)18(15(4)5)20(6)11-8-12-23-13-20/h14-18H,7-13H2,1-6H3/t16?,17-,18?,20?/m0/s1. The summed E-state index contributed by atoms with van der Waals surface area (Å²) in [4.78, 5) is 15.9. The number of carbonyl (C=O) groups is 1. The second-order valence-electron chi connectivity index (χ2n) is 8.73. The Balaban J connectivity index is 2.28. The van der Waals surface area contributed by atoms with Crippen molar-refractivity contribution in [1.82, 2.24) is 4.90 Å². The average molecular weight is 324 g/mol. The van der Waals surface area contributed by atoms with Crippen LogP contribution in [0.15, 0.2) is 0 Å². The summed E-state index contributed by atoms with van der Waals surface area (Å²) in [5.41, 5.74) is -0.00802. The van der Waals surface area contributed by atoms with Crippen molar-refractivity contribution in [3.8, 4) is 0 Å². The molecule has 3 unspecified atom stereocenters. The SMILES string of the molecule is CCC1CC[C@@H](C(C)C)N1C(=O)C(C(C)C)C1(C)CCCOC1. The fourth-order valence-electron chi connectivity index (χ4n) is 5.06. The van der Waals surface area contributed by atoms with E-state index in [0.717, 1.165) is 32.5 Å². The van der Waals surface area contributed by atoms with Crippen LogP contribution in [0.2, 0.25) is 0 Å². The molecule has 1 amide bonds. The summed E-state index contributed by atoms with van der Waals surface area (Å²) in [5, 5.41) is 0. The normalized spacial score (nSPS) is 33.5. The predicted molar refractivity (Wildman–Crippen MR) is 95.3 cm³/mol. The molecule has 0 aromatic rings. The Kier molecular flexibility index (Phi) is 6.16. The summed E-state index contributed by atoms with van der Waals surface area (Å²) in [6.07, 6.45) is 5.60. The van der Waals surface area contributed by atoms with E-state index in [1.165, 1.54) is 12.8 Å². The molecule has 0 spiro atoms. The molecule has 4 atom stereocenters. The van der Waals surface area contributed by atoms with Gasteiger partial charge in [0.15, 0.2) is 0 Å². The maximum atomic E-state index is 13.6. The fourth-order valence-corrected chi connectivity index (χ4v) is 5.06. The highest BCUT2D eigenvalue weighted by atomic mass is 16.5. The van der Waals surface area contributed by atoms with Crippen LogP contribution in [0.1, 0.15) is 73.6 Å². The lowest BCUT2D eigenvalue weighted by molar-refractivity contribution is -0.151. The van der Waals surface area contributed by atoms with Crippen molar-refractivity contribution in [3.05, 3.63) is 0 Å². The van der Waals surface area contributed by atoms with Crippen LogP contribution in [-0.4, -0.2) is 36.1 Å². The Labute approximate surface area is 143 Å². The van der Waals surface area contributed by atoms with E-state index in [1.807, 2.05) is 0 Å². The molecule has 134 valence electrons. The van der Waals surface area contributed by atoms with Gasteiger partial charge < -0.3 is 9.64 Å². The second-order valence-corrected chi connectivity index (χ2v) is 8.73. The Morgan fingerprint density at radius 1 is 1.26 bits per heavy atom. The third-order valence-corrected chi connectivity index (χ3v) is 6.19. The molecule has 0 radical (unpaired) electrons. The third-order valence-electron chi connectivity index (χ3n) is 6.19. The first kappa shape index (κ1) is 18.8. The van der Waals surface area contributed by atoms with Crippen molar-refractivity contribution in [2.75, 3.05) is 13.2 Å². The molecule has 23 heavy (non-hydrogen) atoms. The Hall–Kier alpha value is -0.570. The van der Waals surface area contributed by atoms with Crippen molar-refractivity contribution >= 4 is 5.91 Å². The molecular formula is C20H37NO2. The fraction of sp³-hybridized carbons (Fsp3) is 0.950. The van der Waals surface area contributed by atoms with Crippen LogP contribution in [0.3, 0.4) is 0 Å². The largest absolute Gasteiger partial charge is 0.381 e. The number of rotatable bonds is 5. The van der Waals surface area contributed by atoms with Crippen LogP contribution in [0, 0.1) is 23.2 Å². The van der Waals surface area contributed by atoms with Gasteiger partial charge in [-0.3, -0.25) is 4.79 Å². The highest BCUT2D eigenvalue weighted by Crippen LogP contribution is 2.43. The molecule has 2 saturated heterocycles. The van der Waals surface area contributed by atoms with Crippen molar-refractivity contribution in [3.63, 3.8) is 0 Å². The van der Waals surface area contributed by atoms with E-state index < -0.39 is 0 Å². The van der Waals surface area contributed by atoms with Gasteiger partial charge in [-0.15, -0.1) is 0 Å². The first-order chi connectivity index (χ1) is 10.8. The number of nitrogens with zero attached hydrogens (tertiary/aromatic N) is 1. The highest BCUT2D eigenvalue weighted by Gasteiger charge is 2.48. The first-order valence-electron chi connectivity index (χ1n) is 9.71. The van der Waals surface area contributed by atoms with Gasteiger partial charge in [0.1, 0.15) is 0 Å². The van der Waals surface area contributed by atoms with Crippen molar-refractivity contribution in [2.45, 2.75) is 85.7 Å². The van der Waals surface area contributed by atoms with Gasteiger partial charge in [-0.05, 0) is 43.9 Å². The van der Waals surface area contributed by atoms with Gasteiger partial charge in [0.05, 0.1) is 6.61 Å². The third kappa shape index (κ3) is 3.75. The molecule has 2 aliphatic heterocycles. The van der Waals surface area contributed by atoms with E-state index >= 15 is 0 Å². The molecule has 2 rings (SSSR count). The Morgan fingerprint density at radius 2 is 1.96 bits per heavy atom. The zero-order valence-electron chi connectivity index (χ0n) is 16.1. The van der Waals surface area contributed by atoms with Gasteiger partial charge in [-0.2, -0.15) is 0 Å². The molecule has 0 aromatic carbocycles. The molecule has 0 aromatic heterocycles. The van der Waals surface area contributed by atoms with Gasteiger partial charge >= 0.3 is 0 Å². The molecule has 0 saturated carbocycles. The Morgan fingerprint density at radius 3 is 2.43 bits per heavy atom. The molecule has 3 heteroatoms. The number of hydrogen-bond donors (Lipinski definition) is 0.